The molecule has 0 N–H and O–H groups in total. The van der Waals surface area contributed by atoms with Gasteiger partial charge in [-0.05, 0) is 45.8 Å². The third-order valence-corrected chi connectivity index (χ3v) is 4.87. The fraction of sp³-hybridized carbons (Fsp3) is 0.120. The van der Waals surface area contributed by atoms with Gasteiger partial charge in [0.15, 0.2) is 0 Å². The average molecular weight is 337 g/mol. The van der Waals surface area contributed by atoms with Gasteiger partial charge in [-0.3, -0.25) is 0 Å². The normalized spacial score (nSPS) is 11.4. The summed E-state index contributed by atoms with van der Waals surface area (Å²) in [6.07, 6.45) is 4.32. The van der Waals surface area contributed by atoms with Crippen LogP contribution < -0.4 is 0 Å². The quantitative estimate of drug-likeness (QED) is 0.400. The van der Waals surface area contributed by atoms with Crippen molar-refractivity contribution in [1.29, 1.82) is 0 Å². The van der Waals surface area contributed by atoms with E-state index in [1.165, 1.54) is 32.7 Å². The smallest absolute Gasteiger partial charge is 0.0433 e. The van der Waals surface area contributed by atoms with Gasteiger partial charge in [0.1, 0.15) is 0 Å². The maximum absolute atomic E-state index is 2.39. The van der Waals surface area contributed by atoms with Gasteiger partial charge in [0.2, 0.25) is 0 Å². The first-order valence-corrected chi connectivity index (χ1v) is 9.15. The van der Waals surface area contributed by atoms with Gasteiger partial charge < -0.3 is 4.90 Å². The third-order valence-electron chi connectivity index (χ3n) is 4.87. The fourth-order valence-electron chi connectivity index (χ4n) is 3.67. The Morgan fingerprint density at radius 1 is 0.615 bits per heavy atom. The molecule has 4 aromatic carbocycles. The van der Waals surface area contributed by atoms with Crippen molar-refractivity contribution >= 4 is 21.5 Å². The van der Waals surface area contributed by atoms with Crippen molar-refractivity contribution in [1.82, 2.24) is 4.90 Å². The molecule has 0 unspecified atom stereocenters. The molecule has 0 aromatic heterocycles. The number of benzene rings is 4. The molecule has 0 radical (unpaired) electrons. The topological polar surface area (TPSA) is 3.24 Å². The highest BCUT2D eigenvalue weighted by atomic mass is 15.1. The van der Waals surface area contributed by atoms with Crippen LogP contribution in [0.15, 0.2) is 97.2 Å². The van der Waals surface area contributed by atoms with Crippen molar-refractivity contribution in [2.45, 2.75) is 20.0 Å². The zero-order chi connectivity index (χ0) is 17.8. The Balaban J connectivity index is 1.68. The second-order valence-corrected chi connectivity index (χ2v) is 6.66. The lowest BCUT2D eigenvalue weighted by atomic mass is 10.0. The summed E-state index contributed by atoms with van der Waals surface area (Å²) in [6, 6.07) is 30.4. The van der Waals surface area contributed by atoms with Crippen LogP contribution in [-0.4, -0.2) is 4.90 Å². The van der Waals surface area contributed by atoms with Crippen LogP contribution in [0.5, 0.6) is 0 Å². The minimum Gasteiger partial charge on any atom is -0.369 e. The summed E-state index contributed by atoms with van der Waals surface area (Å²) in [5.41, 5.74) is 2.72. The minimum atomic E-state index is 0.898. The maximum Gasteiger partial charge on any atom is 0.0433 e. The van der Waals surface area contributed by atoms with Gasteiger partial charge in [-0.2, -0.15) is 0 Å². The van der Waals surface area contributed by atoms with Gasteiger partial charge in [0, 0.05) is 13.1 Å². The molecule has 0 aliphatic rings. The summed E-state index contributed by atoms with van der Waals surface area (Å²) in [5.74, 6) is 0. The Hall–Kier alpha value is -3.06. The summed E-state index contributed by atoms with van der Waals surface area (Å²) in [4.78, 5) is 2.39. The number of allylic oxidation sites excluding steroid dienone is 1. The molecule has 4 rings (SSSR count). The first-order chi connectivity index (χ1) is 12.8. The van der Waals surface area contributed by atoms with E-state index >= 15 is 0 Å². The summed E-state index contributed by atoms with van der Waals surface area (Å²) in [6.45, 7) is 3.88. The predicted octanol–water partition coefficient (Wildman–Crippen LogP) is 6.53. The first kappa shape index (κ1) is 16.4. The molecule has 4 aromatic rings. The molecular formula is C25H23N. The predicted molar refractivity (Wildman–Crippen MR) is 112 cm³/mol. The highest BCUT2D eigenvalue weighted by Gasteiger charge is 2.08. The van der Waals surface area contributed by atoms with Crippen molar-refractivity contribution in [2.24, 2.45) is 0 Å². The average Bonchev–Trinajstić information content (AvgIpc) is 2.69. The Bertz CT molecular complexity index is 970. The number of fused-ring (bicyclic) bond motifs is 2. The molecule has 0 saturated heterocycles. The number of nitrogens with zero attached hydrogens (tertiary/aromatic N) is 1. The Kier molecular flexibility index (Phi) is 4.70. The lowest BCUT2D eigenvalue weighted by Gasteiger charge is -2.22. The largest absolute Gasteiger partial charge is 0.369 e. The summed E-state index contributed by atoms with van der Waals surface area (Å²) >= 11 is 0. The third kappa shape index (κ3) is 3.34. The monoisotopic (exact) mass is 337 g/mol. The fourth-order valence-corrected chi connectivity index (χ4v) is 3.67. The van der Waals surface area contributed by atoms with E-state index in [0.29, 0.717) is 0 Å². The van der Waals surface area contributed by atoms with Crippen molar-refractivity contribution < 1.29 is 0 Å². The number of hydrogen-bond donors (Lipinski definition) is 0. The molecule has 26 heavy (non-hydrogen) atoms. The summed E-state index contributed by atoms with van der Waals surface area (Å²) in [7, 11) is 0. The maximum atomic E-state index is 2.39. The molecule has 1 heteroatoms. The van der Waals surface area contributed by atoms with Gasteiger partial charge in [-0.15, -0.1) is 0 Å². The van der Waals surface area contributed by atoms with Crippen LogP contribution in [0.3, 0.4) is 0 Å². The second-order valence-electron chi connectivity index (χ2n) is 6.66. The van der Waals surface area contributed by atoms with Crippen molar-refractivity contribution in [3.63, 3.8) is 0 Å². The van der Waals surface area contributed by atoms with Crippen LogP contribution in [0.25, 0.3) is 21.5 Å². The van der Waals surface area contributed by atoms with Crippen molar-refractivity contribution in [3.05, 3.63) is 108 Å². The Morgan fingerprint density at radius 2 is 1.08 bits per heavy atom. The van der Waals surface area contributed by atoms with Gasteiger partial charge in [-0.25, -0.2) is 0 Å². The van der Waals surface area contributed by atoms with E-state index in [2.05, 4.69) is 109 Å². The van der Waals surface area contributed by atoms with Crippen LogP contribution in [-0.2, 0) is 13.1 Å². The van der Waals surface area contributed by atoms with Gasteiger partial charge in [0.25, 0.3) is 0 Å². The van der Waals surface area contributed by atoms with E-state index in [1.54, 1.807) is 0 Å². The zero-order valence-electron chi connectivity index (χ0n) is 15.1. The van der Waals surface area contributed by atoms with Gasteiger partial charge >= 0.3 is 0 Å². The standard InChI is InChI=1S/C25H23N/c1-2-17-26(18-22-13-7-11-20-9-3-5-15-24(20)22)19-23-14-8-12-21-10-4-6-16-25(21)23/h2-17H,18-19H2,1H3. The van der Waals surface area contributed by atoms with E-state index in [0.717, 1.165) is 13.1 Å². The SMILES string of the molecule is CC=CN(Cc1cccc2ccccc12)Cc1cccc2ccccc12. The minimum absolute atomic E-state index is 0.898. The van der Waals surface area contributed by atoms with E-state index in [1.807, 2.05) is 0 Å². The molecule has 0 aliphatic carbocycles. The van der Waals surface area contributed by atoms with E-state index < -0.39 is 0 Å². The molecule has 0 fully saturated rings. The molecular weight excluding hydrogens is 314 g/mol. The summed E-state index contributed by atoms with van der Waals surface area (Å²) < 4.78 is 0. The Morgan fingerprint density at radius 3 is 1.58 bits per heavy atom. The second kappa shape index (κ2) is 7.45. The molecule has 1 nitrogen and oxygen atoms in total. The molecule has 128 valence electrons. The van der Waals surface area contributed by atoms with E-state index in [4.69, 9.17) is 0 Å². The molecule has 0 atom stereocenters. The molecule has 0 spiro atoms. The number of hydrogen-bond acceptors (Lipinski definition) is 1. The van der Waals surface area contributed by atoms with Crippen molar-refractivity contribution in [3.8, 4) is 0 Å². The molecule has 0 saturated carbocycles. The van der Waals surface area contributed by atoms with Crippen LogP contribution in [0.4, 0.5) is 0 Å². The van der Waals surface area contributed by atoms with Gasteiger partial charge in [0.05, 0.1) is 0 Å². The lowest BCUT2D eigenvalue weighted by molar-refractivity contribution is 0.364. The van der Waals surface area contributed by atoms with Crippen LogP contribution in [0.1, 0.15) is 18.1 Å². The van der Waals surface area contributed by atoms with Crippen LogP contribution in [0.2, 0.25) is 0 Å². The molecule has 0 heterocycles. The summed E-state index contributed by atoms with van der Waals surface area (Å²) in [5, 5.41) is 5.27. The molecule has 0 aliphatic heterocycles. The Labute approximate surface area is 155 Å². The molecule has 0 amide bonds. The number of rotatable bonds is 5. The lowest BCUT2D eigenvalue weighted by Crippen LogP contribution is -2.16. The highest BCUT2D eigenvalue weighted by molar-refractivity contribution is 5.86. The first-order valence-electron chi connectivity index (χ1n) is 9.15. The van der Waals surface area contributed by atoms with E-state index in [-0.39, 0.29) is 0 Å². The van der Waals surface area contributed by atoms with Crippen LogP contribution in [0, 0.1) is 0 Å². The van der Waals surface area contributed by atoms with E-state index in [9.17, 15) is 0 Å². The highest BCUT2D eigenvalue weighted by Crippen LogP contribution is 2.23. The molecule has 0 bridgehead atoms. The van der Waals surface area contributed by atoms with Gasteiger partial charge in [-0.1, -0.05) is 91.0 Å². The zero-order valence-corrected chi connectivity index (χ0v) is 15.1. The van der Waals surface area contributed by atoms with Crippen LogP contribution >= 0.6 is 0 Å². The van der Waals surface area contributed by atoms with Crippen molar-refractivity contribution in [2.75, 3.05) is 0 Å².